The van der Waals surface area contributed by atoms with Crippen LogP contribution in [0.2, 0.25) is 0 Å². The number of fused-ring (bicyclic) bond motifs is 1. The summed E-state index contributed by atoms with van der Waals surface area (Å²) in [6, 6.07) is 8.63. The van der Waals surface area contributed by atoms with Gasteiger partial charge >= 0.3 is 0 Å². The SMILES string of the molecule is C=C(F)c1ccc(-c2cccc3c(=O)c(C)c(C)oc23)nc1. The van der Waals surface area contributed by atoms with Gasteiger partial charge in [-0.1, -0.05) is 12.6 Å². The van der Waals surface area contributed by atoms with Gasteiger partial charge in [0.15, 0.2) is 5.43 Å². The first-order valence-electron chi connectivity index (χ1n) is 6.83. The second kappa shape index (κ2) is 5.22. The molecule has 110 valence electrons. The summed E-state index contributed by atoms with van der Waals surface area (Å²) in [6.07, 6.45) is 1.41. The lowest BCUT2D eigenvalue weighted by molar-refractivity contribution is 0.559. The molecule has 4 heteroatoms. The molecule has 0 atom stereocenters. The van der Waals surface area contributed by atoms with E-state index in [9.17, 15) is 9.18 Å². The van der Waals surface area contributed by atoms with Crippen molar-refractivity contribution in [1.82, 2.24) is 4.98 Å². The van der Waals surface area contributed by atoms with Gasteiger partial charge in [0, 0.05) is 22.9 Å². The first-order chi connectivity index (χ1) is 10.5. The molecule has 0 aliphatic rings. The quantitative estimate of drug-likeness (QED) is 0.703. The van der Waals surface area contributed by atoms with Crippen LogP contribution < -0.4 is 5.43 Å². The molecular weight excluding hydrogens is 281 g/mol. The summed E-state index contributed by atoms with van der Waals surface area (Å²) in [6.45, 7) is 6.75. The van der Waals surface area contributed by atoms with Crippen molar-refractivity contribution < 1.29 is 8.81 Å². The van der Waals surface area contributed by atoms with Crippen LogP contribution in [0.25, 0.3) is 28.1 Å². The molecule has 3 nitrogen and oxygen atoms in total. The Bertz CT molecular complexity index is 940. The molecule has 1 aromatic carbocycles. The highest BCUT2D eigenvalue weighted by atomic mass is 19.1. The second-order valence-corrected chi connectivity index (χ2v) is 5.13. The number of halogens is 1. The topological polar surface area (TPSA) is 43.1 Å². The number of hydrogen-bond donors (Lipinski definition) is 0. The Morgan fingerprint density at radius 3 is 2.64 bits per heavy atom. The van der Waals surface area contributed by atoms with Crippen molar-refractivity contribution in [3.05, 3.63) is 70.2 Å². The summed E-state index contributed by atoms with van der Waals surface area (Å²) in [7, 11) is 0. The van der Waals surface area contributed by atoms with Gasteiger partial charge in [-0.25, -0.2) is 4.39 Å². The van der Waals surface area contributed by atoms with Crippen LogP contribution in [0.5, 0.6) is 0 Å². The molecule has 0 fully saturated rings. The largest absolute Gasteiger partial charge is 0.460 e. The normalized spacial score (nSPS) is 10.9. The van der Waals surface area contributed by atoms with Crippen molar-refractivity contribution in [3.8, 4) is 11.3 Å². The number of pyridine rings is 1. The summed E-state index contributed by atoms with van der Waals surface area (Å²) in [5.74, 6) is 0.0497. The molecule has 0 bridgehead atoms. The van der Waals surface area contributed by atoms with Crippen molar-refractivity contribution in [1.29, 1.82) is 0 Å². The van der Waals surface area contributed by atoms with Crippen molar-refractivity contribution in [2.75, 3.05) is 0 Å². The molecule has 2 aromatic heterocycles. The van der Waals surface area contributed by atoms with Crippen molar-refractivity contribution in [3.63, 3.8) is 0 Å². The first-order valence-corrected chi connectivity index (χ1v) is 6.83. The molecular formula is C18H14FNO2. The number of hydrogen-bond acceptors (Lipinski definition) is 3. The van der Waals surface area contributed by atoms with Crippen LogP contribution in [0.4, 0.5) is 4.39 Å². The van der Waals surface area contributed by atoms with E-state index < -0.39 is 5.83 Å². The van der Waals surface area contributed by atoms with E-state index in [1.807, 2.05) is 6.07 Å². The van der Waals surface area contributed by atoms with Crippen LogP contribution in [-0.2, 0) is 0 Å². The zero-order valence-electron chi connectivity index (χ0n) is 12.3. The van der Waals surface area contributed by atoms with Crippen LogP contribution in [0, 0.1) is 13.8 Å². The lowest BCUT2D eigenvalue weighted by Gasteiger charge is -2.08. The minimum atomic E-state index is -0.532. The maximum Gasteiger partial charge on any atom is 0.195 e. The smallest absolute Gasteiger partial charge is 0.195 e. The van der Waals surface area contributed by atoms with Gasteiger partial charge in [0.2, 0.25) is 0 Å². The molecule has 0 saturated carbocycles. The molecule has 0 aliphatic heterocycles. The van der Waals surface area contributed by atoms with E-state index >= 15 is 0 Å². The maximum atomic E-state index is 13.1. The molecule has 0 amide bonds. The highest BCUT2D eigenvalue weighted by Crippen LogP contribution is 2.28. The number of benzene rings is 1. The third-order valence-corrected chi connectivity index (χ3v) is 3.74. The fourth-order valence-electron chi connectivity index (χ4n) is 2.33. The highest BCUT2D eigenvalue weighted by molar-refractivity contribution is 5.91. The minimum Gasteiger partial charge on any atom is -0.460 e. The van der Waals surface area contributed by atoms with Crippen molar-refractivity contribution >= 4 is 16.8 Å². The van der Waals surface area contributed by atoms with Gasteiger partial charge in [0.1, 0.15) is 17.2 Å². The van der Waals surface area contributed by atoms with E-state index in [0.29, 0.717) is 39.1 Å². The lowest BCUT2D eigenvalue weighted by Crippen LogP contribution is -2.07. The van der Waals surface area contributed by atoms with Crippen LogP contribution in [0.1, 0.15) is 16.9 Å². The molecule has 3 aromatic rings. The molecule has 2 heterocycles. The molecule has 0 saturated heterocycles. The maximum absolute atomic E-state index is 13.1. The Morgan fingerprint density at radius 1 is 1.23 bits per heavy atom. The predicted octanol–water partition coefficient (Wildman–Crippen LogP) is 4.41. The Balaban J connectivity index is 2.27. The van der Waals surface area contributed by atoms with Crippen molar-refractivity contribution in [2.24, 2.45) is 0 Å². The van der Waals surface area contributed by atoms with Gasteiger partial charge in [-0.2, -0.15) is 0 Å². The van der Waals surface area contributed by atoms with Gasteiger partial charge in [0.05, 0.1) is 11.1 Å². The first kappa shape index (κ1) is 14.2. The van der Waals surface area contributed by atoms with Crippen LogP contribution in [-0.4, -0.2) is 4.98 Å². The summed E-state index contributed by atoms with van der Waals surface area (Å²) in [5.41, 5.74) is 2.69. The standard InChI is InChI=1S/C18H14FNO2/c1-10-12(3)22-18-14(5-4-6-15(18)17(10)21)16-8-7-13(9-20-16)11(2)19/h4-9H,2H2,1,3H3. The zero-order valence-corrected chi connectivity index (χ0v) is 12.3. The van der Waals surface area contributed by atoms with E-state index in [1.54, 1.807) is 38.1 Å². The zero-order chi connectivity index (χ0) is 15.9. The van der Waals surface area contributed by atoms with Crippen LogP contribution in [0.15, 0.2) is 52.3 Å². The second-order valence-electron chi connectivity index (χ2n) is 5.13. The summed E-state index contributed by atoms with van der Waals surface area (Å²) < 4.78 is 18.9. The average Bonchev–Trinajstić information content (AvgIpc) is 2.52. The molecule has 0 radical (unpaired) electrons. The Kier molecular flexibility index (Phi) is 3.37. The Labute approximate surface area is 126 Å². The minimum absolute atomic E-state index is 0.0469. The van der Waals surface area contributed by atoms with E-state index in [2.05, 4.69) is 11.6 Å². The van der Waals surface area contributed by atoms with Gasteiger partial charge in [-0.15, -0.1) is 0 Å². The summed E-state index contributed by atoms with van der Waals surface area (Å²) in [5, 5.41) is 0.515. The number of nitrogens with zero attached hydrogens (tertiary/aromatic N) is 1. The lowest BCUT2D eigenvalue weighted by atomic mass is 10.0. The van der Waals surface area contributed by atoms with Gasteiger partial charge < -0.3 is 4.42 Å². The third-order valence-electron chi connectivity index (χ3n) is 3.74. The van der Waals surface area contributed by atoms with Crippen LogP contribution in [0.3, 0.4) is 0 Å². The third kappa shape index (κ3) is 2.22. The van der Waals surface area contributed by atoms with Crippen LogP contribution >= 0.6 is 0 Å². The molecule has 0 spiro atoms. The van der Waals surface area contributed by atoms with Gasteiger partial charge in [-0.3, -0.25) is 9.78 Å². The predicted molar refractivity (Wildman–Crippen MR) is 85.3 cm³/mol. The fourth-order valence-corrected chi connectivity index (χ4v) is 2.33. The van der Waals surface area contributed by atoms with E-state index in [1.165, 1.54) is 6.20 Å². The van der Waals surface area contributed by atoms with E-state index in [0.717, 1.165) is 0 Å². The number of rotatable bonds is 2. The monoisotopic (exact) mass is 295 g/mol. The van der Waals surface area contributed by atoms with Gasteiger partial charge in [0.25, 0.3) is 0 Å². The highest BCUT2D eigenvalue weighted by Gasteiger charge is 2.13. The Morgan fingerprint density at radius 2 is 2.00 bits per heavy atom. The van der Waals surface area contributed by atoms with E-state index in [-0.39, 0.29) is 5.43 Å². The van der Waals surface area contributed by atoms with E-state index in [4.69, 9.17) is 4.42 Å². The molecule has 22 heavy (non-hydrogen) atoms. The number of para-hydroxylation sites is 1. The summed E-state index contributed by atoms with van der Waals surface area (Å²) in [4.78, 5) is 16.6. The Hall–Kier alpha value is -2.75. The van der Waals surface area contributed by atoms with Gasteiger partial charge in [-0.05, 0) is 38.1 Å². The average molecular weight is 295 g/mol. The summed E-state index contributed by atoms with van der Waals surface area (Å²) >= 11 is 0. The molecule has 0 N–H and O–H groups in total. The van der Waals surface area contributed by atoms with Crippen molar-refractivity contribution in [2.45, 2.75) is 13.8 Å². The molecule has 0 unspecified atom stereocenters. The molecule has 3 rings (SSSR count). The molecule has 0 aliphatic carbocycles. The fraction of sp³-hybridized carbons (Fsp3) is 0.111. The number of aryl methyl sites for hydroxylation is 1. The number of aromatic nitrogens is 1.